The summed E-state index contributed by atoms with van der Waals surface area (Å²) in [6.45, 7) is 2.58. The number of nitrogens with zero attached hydrogens (tertiary/aromatic N) is 3. The van der Waals surface area contributed by atoms with Gasteiger partial charge in [-0.2, -0.15) is 0 Å². The SMILES string of the molecule is O[C@@H]1CCN(Cc2ccc(Oc3cnccn3)cc2)C1. The number of aliphatic hydroxyl groups is 1. The number of rotatable bonds is 4. The Morgan fingerprint density at radius 3 is 2.75 bits per heavy atom. The summed E-state index contributed by atoms with van der Waals surface area (Å²) in [4.78, 5) is 10.3. The first kappa shape index (κ1) is 13.0. The fourth-order valence-corrected chi connectivity index (χ4v) is 2.34. The fraction of sp³-hybridized carbons (Fsp3) is 0.333. The second-order valence-corrected chi connectivity index (χ2v) is 4.97. The smallest absolute Gasteiger partial charge is 0.237 e. The normalized spacial score (nSPS) is 19.1. The Kier molecular flexibility index (Phi) is 3.90. The van der Waals surface area contributed by atoms with Crippen molar-refractivity contribution in [1.82, 2.24) is 14.9 Å². The first-order valence-electron chi connectivity index (χ1n) is 6.73. The molecule has 0 spiro atoms. The molecule has 0 saturated carbocycles. The number of likely N-dealkylation sites (tertiary alicyclic amines) is 1. The average molecular weight is 271 g/mol. The summed E-state index contributed by atoms with van der Waals surface area (Å²) >= 11 is 0. The summed E-state index contributed by atoms with van der Waals surface area (Å²) in [6, 6.07) is 7.93. The highest BCUT2D eigenvalue weighted by Gasteiger charge is 2.19. The van der Waals surface area contributed by atoms with E-state index in [0.29, 0.717) is 5.88 Å². The summed E-state index contributed by atoms with van der Waals surface area (Å²) in [5.74, 6) is 1.23. The second-order valence-electron chi connectivity index (χ2n) is 4.97. The van der Waals surface area contributed by atoms with Crippen molar-refractivity contribution in [1.29, 1.82) is 0 Å². The highest BCUT2D eigenvalue weighted by atomic mass is 16.5. The molecule has 1 aliphatic heterocycles. The maximum Gasteiger partial charge on any atom is 0.237 e. The Morgan fingerprint density at radius 2 is 2.10 bits per heavy atom. The average Bonchev–Trinajstić information content (AvgIpc) is 2.88. The van der Waals surface area contributed by atoms with E-state index in [4.69, 9.17) is 4.74 Å². The topological polar surface area (TPSA) is 58.5 Å². The van der Waals surface area contributed by atoms with Crippen molar-refractivity contribution in [3.63, 3.8) is 0 Å². The van der Waals surface area contributed by atoms with Crippen LogP contribution in [0, 0.1) is 0 Å². The van der Waals surface area contributed by atoms with Gasteiger partial charge >= 0.3 is 0 Å². The largest absolute Gasteiger partial charge is 0.438 e. The van der Waals surface area contributed by atoms with Gasteiger partial charge in [0.05, 0.1) is 12.3 Å². The maximum absolute atomic E-state index is 9.51. The van der Waals surface area contributed by atoms with E-state index in [0.717, 1.165) is 31.8 Å². The van der Waals surface area contributed by atoms with Gasteiger partial charge in [-0.15, -0.1) is 0 Å². The van der Waals surface area contributed by atoms with Crippen molar-refractivity contribution < 1.29 is 9.84 Å². The lowest BCUT2D eigenvalue weighted by atomic mass is 10.2. The zero-order valence-corrected chi connectivity index (χ0v) is 11.1. The predicted octanol–water partition coefficient (Wildman–Crippen LogP) is 1.84. The molecule has 3 rings (SSSR count). The van der Waals surface area contributed by atoms with Crippen LogP contribution in [0.2, 0.25) is 0 Å². The third-order valence-electron chi connectivity index (χ3n) is 3.34. The van der Waals surface area contributed by atoms with Gasteiger partial charge in [-0.25, -0.2) is 4.98 Å². The van der Waals surface area contributed by atoms with Gasteiger partial charge in [0, 0.05) is 32.0 Å². The summed E-state index contributed by atoms with van der Waals surface area (Å²) < 4.78 is 5.59. The van der Waals surface area contributed by atoms with Crippen molar-refractivity contribution in [2.45, 2.75) is 19.1 Å². The molecule has 0 aliphatic carbocycles. The molecule has 1 aromatic carbocycles. The third-order valence-corrected chi connectivity index (χ3v) is 3.34. The summed E-state index contributed by atoms with van der Waals surface area (Å²) in [5.41, 5.74) is 1.21. The molecule has 1 fully saturated rings. The first-order chi connectivity index (χ1) is 9.79. The fourth-order valence-electron chi connectivity index (χ4n) is 2.34. The van der Waals surface area contributed by atoms with Gasteiger partial charge in [0.25, 0.3) is 0 Å². The number of benzene rings is 1. The quantitative estimate of drug-likeness (QED) is 0.919. The molecule has 5 heteroatoms. The van der Waals surface area contributed by atoms with Gasteiger partial charge in [0.2, 0.25) is 5.88 Å². The molecule has 5 nitrogen and oxygen atoms in total. The van der Waals surface area contributed by atoms with Gasteiger partial charge in [-0.05, 0) is 24.1 Å². The minimum Gasteiger partial charge on any atom is -0.438 e. The minimum absolute atomic E-state index is 0.172. The third kappa shape index (κ3) is 3.31. The van der Waals surface area contributed by atoms with E-state index in [-0.39, 0.29) is 6.10 Å². The van der Waals surface area contributed by atoms with E-state index >= 15 is 0 Å². The van der Waals surface area contributed by atoms with E-state index in [1.54, 1.807) is 18.6 Å². The summed E-state index contributed by atoms with van der Waals surface area (Å²) in [5, 5.41) is 9.51. The van der Waals surface area contributed by atoms with Gasteiger partial charge < -0.3 is 9.84 Å². The van der Waals surface area contributed by atoms with Crippen LogP contribution >= 0.6 is 0 Å². The van der Waals surface area contributed by atoms with Crippen molar-refractivity contribution in [2.75, 3.05) is 13.1 Å². The van der Waals surface area contributed by atoms with E-state index in [1.807, 2.05) is 24.3 Å². The molecule has 1 saturated heterocycles. The molecule has 1 atom stereocenters. The Balaban J connectivity index is 1.60. The first-order valence-corrected chi connectivity index (χ1v) is 6.73. The Morgan fingerprint density at radius 1 is 1.25 bits per heavy atom. The maximum atomic E-state index is 9.51. The van der Waals surface area contributed by atoms with Crippen LogP contribution in [-0.2, 0) is 6.54 Å². The number of hydrogen-bond donors (Lipinski definition) is 1. The molecular weight excluding hydrogens is 254 g/mol. The minimum atomic E-state index is -0.172. The molecule has 1 aliphatic rings. The number of aliphatic hydroxyl groups excluding tert-OH is 1. The number of aromatic nitrogens is 2. The molecule has 104 valence electrons. The van der Waals surface area contributed by atoms with Crippen LogP contribution in [0.25, 0.3) is 0 Å². The molecule has 2 aromatic rings. The molecule has 0 bridgehead atoms. The van der Waals surface area contributed by atoms with E-state index in [1.165, 1.54) is 5.56 Å². The Hall–Kier alpha value is -1.98. The monoisotopic (exact) mass is 271 g/mol. The molecular formula is C15H17N3O2. The van der Waals surface area contributed by atoms with Crippen molar-refractivity contribution in [3.05, 3.63) is 48.4 Å². The summed E-state index contributed by atoms with van der Waals surface area (Å²) in [6.07, 6.45) is 5.49. The molecule has 2 heterocycles. The van der Waals surface area contributed by atoms with Crippen LogP contribution in [0.4, 0.5) is 0 Å². The zero-order chi connectivity index (χ0) is 13.8. The van der Waals surface area contributed by atoms with E-state index < -0.39 is 0 Å². The van der Waals surface area contributed by atoms with Gasteiger partial charge in [0.15, 0.2) is 0 Å². The lowest BCUT2D eigenvalue weighted by Crippen LogP contribution is -2.21. The Bertz CT molecular complexity index is 545. The number of ether oxygens (including phenoxy) is 1. The predicted molar refractivity (Wildman–Crippen MR) is 74.4 cm³/mol. The van der Waals surface area contributed by atoms with Crippen LogP contribution in [0.15, 0.2) is 42.9 Å². The van der Waals surface area contributed by atoms with Crippen LogP contribution < -0.4 is 4.74 Å². The van der Waals surface area contributed by atoms with Crippen LogP contribution in [-0.4, -0.2) is 39.2 Å². The number of hydrogen-bond acceptors (Lipinski definition) is 5. The van der Waals surface area contributed by atoms with Gasteiger partial charge in [0.1, 0.15) is 5.75 Å². The molecule has 1 aromatic heterocycles. The van der Waals surface area contributed by atoms with Crippen LogP contribution in [0.3, 0.4) is 0 Å². The lowest BCUT2D eigenvalue weighted by Gasteiger charge is -2.15. The van der Waals surface area contributed by atoms with Crippen molar-refractivity contribution >= 4 is 0 Å². The highest BCUT2D eigenvalue weighted by Crippen LogP contribution is 2.20. The number of β-amino-alcohol motifs (C(OH)–C–C–N with tert-alkyl or cyclic N) is 1. The highest BCUT2D eigenvalue weighted by molar-refractivity contribution is 5.29. The molecule has 0 unspecified atom stereocenters. The summed E-state index contributed by atoms with van der Waals surface area (Å²) in [7, 11) is 0. The second kappa shape index (κ2) is 5.98. The van der Waals surface area contributed by atoms with Crippen LogP contribution in [0.1, 0.15) is 12.0 Å². The zero-order valence-electron chi connectivity index (χ0n) is 11.1. The molecule has 1 N–H and O–H groups in total. The van der Waals surface area contributed by atoms with Gasteiger partial charge in [-0.1, -0.05) is 12.1 Å². The van der Waals surface area contributed by atoms with E-state index in [2.05, 4.69) is 14.9 Å². The van der Waals surface area contributed by atoms with Crippen LogP contribution in [0.5, 0.6) is 11.6 Å². The van der Waals surface area contributed by atoms with Gasteiger partial charge in [-0.3, -0.25) is 9.88 Å². The van der Waals surface area contributed by atoms with Crippen molar-refractivity contribution in [3.8, 4) is 11.6 Å². The van der Waals surface area contributed by atoms with Crippen molar-refractivity contribution in [2.24, 2.45) is 0 Å². The molecule has 0 radical (unpaired) electrons. The lowest BCUT2D eigenvalue weighted by molar-refractivity contribution is 0.175. The molecule has 20 heavy (non-hydrogen) atoms. The Labute approximate surface area is 117 Å². The molecule has 0 amide bonds. The standard InChI is InChI=1S/C15H17N3O2/c19-13-5-8-18(11-13)10-12-1-3-14(4-2-12)20-15-9-16-6-7-17-15/h1-4,6-7,9,13,19H,5,8,10-11H2/t13-/m1/s1. The van der Waals surface area contributed by atoms with E-state index in [9.17, 15) is 5.11 Å².